The van der Waals surface area contributed by atoms with Crippen molar-refractivity contribution in [3.05, 3.63) is 247 Å². The van der Waals surface area contributed by atoms with Crippen LogP contribution >= 0.6 is 0 Å². The summed E-state index contributed by atoms with van der Waals surface area (Å²) in [5.74, 6) is -13.3. The summed E-state index contributed by atoms with van der Waals surface area (Å²) >= 11 is 0. The highest BCUT2D eigenvalue weighted by atomic mass is 28.2. The first-order chi connectivity index (χ1) is 63.8. The lowest BCUT2D eigenvalue weighted by atomic mass is 9.74. The Labute approximate surface area is 783 Å². The van der Waals surface area contributed by atoms with Crippen molar-refractivity contribution in [2.24, 2.45) is 23.7 Å². The van der Waals surface area contributed by atoms with E-state index in [-0.39, 0.29) is 33.4 Å². The minimum Gasteiger partial charge on any atom is -0.432 e. The van der Waals surface area contributed by atoms with E-state index in [4.69, 9.17) is 87.1 Å². The Hall–Kier alpha value is -12.5. The Bertz CT molecular complexity index is 4570. The van der Waals surface area contributed by atoms with Gasteiger partial charge in [0.15, 0.2) is 0 Å². The summed E-state index contributed by atoms with van der Waals surface area (Å²) in [4.78, 5) is 223. The van der Waals surface area contributed by atoms with E-state index < -0.39 is 206 Å². The quantitative estimate of drug-likeness (QED) is 0.0113. The summed E-state index contributed by atoms with van der Waals surface area (Å²) in [6.45, 7) is 19.0. The Kier molecular flexibility index (Phi) is 50.2. The van der Waals surface area contributed by atoms with Gasteiger partial charge in [0.2, 0.25) is 0 Å². The van der Waals surface area contributed by atoms with Crippen LogP contribution in [0.25, 0.3) is 0 Å². The van der Waals surface area contributed by atoms with Gasteiger partial charge in [0, 0.05) is 23.7 Å². The van der Waals surface area contributed by atoms with Crippen molar-refractivity contribution >= 4 is 161 Å². The normalized spacial score (nSPS) is 12.0. The molecule has 0 N–H and O–H groups in total. The molecule has 0 fully saturated rings. The predicted molar refractivity (Wildman–Crippen MR) is 510 cm³/mol. The van der Waals surface area contributed by atoms with Crippen LogP contribution in [0.1, 0.15) is 235 Å². The highest BCUT2D eigenvalue weighted by Gasteiger charge is 2.40. The van der Waals surface area contributed by atoms with E-state index >= 15 is 0 Å². The smallest absolute Gasteiger partial charge is 0.432 e. The molecule has 6 aromatic rings. The number of hydrogen-bond acceptors (Lipinski definition) is 30. The molecule has 0 spiro atoms. The second-order valence-corrected chi connectivity index (χ2v) is 40.2. The number of rotatable bonds is 47. The van der Waals surface area contributed by atoms with E-state index in [0.29, 0.717) is 0 Å². The van der Waals surface area contributed by atoms with Gasteiger partial charge >= 0.3 is 72.7 Å². The Morgan fingerprint density at radius 1 is 0.212 bits per heavy atom. The lowest BCUT2D eigenvalue weighted by molar-refractivity contribution is -0.212. The van der Waals surface area contributed by atoms with Gasteiger partial charge in [-0.15, -0.1) is 0 Å². The Morgan fingerprint density at radius 3 is 0.523 bits per heavy atom. The molecule has 0 amide bonds. The topological polar surface area (TPSA) is 371 Å². The zero-order valence-electron chi connectivity index (χ0n) is 77.3. The first kappa shape index (κ1) is 108. The maximum absolute atomic E-state index is 14.1. The first-order valence-corrected chi connectivity index (χ1v) is 53.9. The molecule has 6 aromatic carbocycles. The molecule has 0 saturated carbocycles. The van der Waals surface area contributed by atoms with Crippen molar-refractivity contribution in [3.63, 3.8) is 0 Å². The number of carbonyl (C=O) groups excluding carboxylic acids is 12. The largest absolute Gasteiger partial charge is 0.549 e. The third kappa shape index (κ3) is 40.1. The summed E-state index contributed by atoms with van der Waals surface area (Å²) in [6, 6.07) is 38.6. The molecule has 0 heterocycles. The Balaban J connectivity index is 1.44. The molecule has 132 heavy (non-hydrogen) atoms. The average molecular weight is 1920 g/mol. The van der Waals surface area contributed by atoms with Gasteiger partial charge in [-0.05, 0) is 163 Å². The van der Waals surface area contributed by atoms with Crippen molar-refractivity contribution < 1.29 is 145 Å². The summed E-state index contributed by atoms with van der Waals surface area (Å²) in [6.07, 6.45) is -0.690. The predicted octanol–water partition coefficient (Wildman–Crippen LogP) is 12.8. The molecule has 0 aromatic heterocycles. The van der Waals surface area contributed by atoms with Crippen molar-refractivity contribution in [2.75, 3.05) is 39.6 Å². The van der Waals surface area contributed by atoms with E-state index in [9.17, 15) is 57.5 Å². The number of allylic oxidation sites excluding steroid dienone is 6. The molecule has 6 rings (SSSR count). The highest BCUT2D eigenvalue weighted by molar-refractivity contribution is 6.60. The van der Waals surface area contributed by atoms with E-state index in [0.717, 1.165) is 108 Å². The fraction of sp³-hybridized carbons (Fsp3) is 0.375. The van der Waals surface area contributed by atoms with Gasteiger partial charge in [-0.1, -0.05) is 255 Å². The first-order valence-electron chi connectivity index (χ1n) is 44.8. The summed E-state index contributed by atoms with van der Waals surface area (Å²) < 4.78 is 33.6. The standard InChI is InChI=1S/C96H122O30Si6/c1-13-63(14-2)57-127-77-37-25-69(26-38-77)85(97)115-121-91(103)109-51-49-75(53-111-93(105)123-117-87(99)71-29-41-79(42-30-71)129-59-65(17-5)18-6)83(55-113-95(107)125-119-89(101)73-33-45-81(46-34-73)131-61-67(21-9)22-10)84(56-114-96(108)126-120-90(102)74-35-47-82(48-36-74)132-62-68(23-11)24-12)76(54-112-94(106)124-118-88(100)72-31-43-80(44-32-72)130-60-66(19-7)20-8)50-52-110-92(104)122-116-86(98)70-27-39-78(40-28-70)128-58-64(15-3)16-4/h25-48,57-62,75-76,83-84H,13-24,49-56,127-132H2,1-12H3. The summed E-state index contributed by atoms with van der Waals surface area (Å²) in [7, 11) is -5.27. The third-order valence-electron chi connectivity index (χ3n) is 22.3. The second-order valence-electron chi connectivity index (χ2n) is 30.4. The van der Waals surface area contributed by atoms with Crippen LogP contribution in [0.5, 0.6) is 0 Å². The van der Waals surface area contributed by atoms with Crippen LogP contribution in [0, 0.1) is 23.7 Å². The number of ether oxygens (including phenoxy) is 6. The zero-order valence-corrected chi connectivity index (χ0v) is 85.7. The van der Waals surface area contributed by atoms with Crippen LogP contribution in [0.4, 0.5) is 28.8 Å². The molecule has 4 atom stereocenters. The number of benzene rings is 6. The molecule has 0 bridgehead atoms. The highest BCUT2D eigenvalue weighted by Crippen LogP contribution is 2.35. The molecule has 0 radical (unpaired) electrons. The molecule has 0 aliphatic heterocycles. The van der Waals surface area contributed by atoms with Crippen molar-refractivity contribution in [3.8, 4) is 0 Å². The lowest BCUT2D eigenvalue weighted by Gasteiger charge is -2.36. The molecule has 4 unspecified atom stereocenters. The van der Waals surface area contributed by atoms with Gasteiger partial charge < -0.3 is 28.4 Å². The maximum Gasteiger partial charge on any atom is 0.549 e. The molecule has 0 saturated heterocycles. The van der Waals surface area contributed by atoms with E-state index in [1.165, 1.54) is 106 Å². The molecular weight excluding hydrogens is 1800 g/mol. The molecule has 36 heteroatoms. The number of hydrogen-bond donors (Lipinski definition) is 0. The Morgan fingerprint density at radius 2 is 0.364 bits per heavy atom. The third-order valence-corrected chi connectivity index (χ3v) is 32.6. The van der Waals surface area contributed by atoms with Gasteiger partial charge in [0.25, 0.3) is 0 Å². The van der Waals surface area contributed by atoms with Crippen LogP contribution in [0.2, 0.25) is 0 Å². The molecule has 0 aliphatic rings. The van der Waals surface area contributed by atoms with Crippen LogP contribution in [-0.2, 0) is 87.1 Å². The molecular formula is C96H122O30Si6. The summed E-state index contributed by atoms with van der Waals surface area (Å²) in [5.41, 5.74) is 20.9. The van der Waals surface area contributed by atoms with Crippen LogP contribution in [0.3, 0.4) is 0 Å². The molecule has 0 aliphatic carbocycles. The average Bonchev–Trinajstić information content (AvgIpc) is 0.830. The lowest BCUT2D eigenvalue weighted by Crippen LogP contribution is -2.41. The van der Waals surface area contributed by atoms with Gasteiger partial charge in [-0.2, -0.15) is 28.8 Å². The monoisotopic (exact) mass is 1920 g/mol. The van der Waals surface area contributed by atoms with Gasteiger partial charge in [-0.25, -0.2) is 87.4 Å². The van der Waals surface area contributed by atoms with Crippen LogP contribution < -0.4 is 31.1 Å². The van der Waals surface area contributed by atoms with Crippen molar-refractivity contribution in [1.82, 2.24) is 0 Å². The maximum atomic E-state index is 14.1. The van der Waals surface area contributed by atoms with Gasteiger partial charge in [0.1, 0.15) is 0 Å². The van der Waals surface area contributed by atoms with E-state index in [2.05, 4.69) is 117 Å². The SMILES string of the molecule is CCC(=C[SiH2]c1ccc(C(=O)OOC(=O)OCCC(COC(=O)OOC(=O)c2ccc([SiH2]C=C(CC)CC)cc2)C(COC(=O)OOC(=O)c2ccc([SiH2]C=C(CC)CC)cc2)C(COC(=O)OOC(=O)c2ccc([SiH2]C=C(CC)CC)cc2)C(CCOC(=O)OOC(=O)c2ccc([SiH2]C=C(CC)CC)cc2)COC(=O)OOC(=O)c2ccc([SiH2]C=C(CC)CC)cc2)cc1)CC. The fourth-order valence-electron chi connectivity index (χ4n) is 13.7. The van der Waals surface area contributed by atoms with Gasteiger partial charge in [0.05, 0.1) is 130 Å². The number of carbonyl (C=O) groups is 12. The fourth-order valence-corrected chi connectivity index (χ4v) is 23.3. The van der Waals surface area contributed by atoms with Crippen molar-refractivity contribution in [2.45, 2.75) is 173 Å². The van der Waals surface area contributed by atoms with E-state index in [1.54, 1.807) is 72.8 Å². The molecule has 710 valence electrons. The summed E-state index contributed by atoms with van der Waals surface area (Å²) in [5, 5.41) is 5.94. The minimum absolute atomic E-state index is 0.00199. The van der Waals surface area contributed by atoms with Crippen LogP contribution in [-0.4, -0.2) is 170 Å². The zero-order chi connectivity index (χ0) is 96.0. The van der Waals surface area contributed by atoms with Crippen LogP contribution in [0.15, 0.2) is 213 Å². The van der Waals surface area contributed by atoms with Crippen molar-refractivity contribution in [1.29, 1.82) is 0 Å². The molecule has 30 nitrogen and oxygen atoms in total. The minimum atomic E-state index is -1.73. The second kappa shape index (κ2) is 61.2. The van der Waals surface area contributed by atoms with E-state index in [1.807, 2.05) is 0 Å². The van der Waals surface area contributed by atoms with Gasteiger partial charge in [-0.3, -0.25) is 0 Å².